The van der Waals surface area contributed by atoms with E-state index in [1.807, 2.05) is 18.4 Å². The first-order valence-corrected chi connectivity index (χ1v) is 7.68. The zero-order valence-corrected chi connectivity index (χ0v) is 12.3. The van der Waals surface area contributed by atoms with E-state index in [-0.39, 0.29) is 18.1 Å². The molecule has 1 saturated carbocycles. The van der Waals surface area contributed by atoms with Crippen LogP contribution in [-0.4, -0.2) is 30.5 Å². The highest BCUT2D eigenvalue weighted by Gasteiger charge is 2.42. The molecule has 104 valence electrons. The molecule has 1 aliphatic rings. The highest BCUT2D eigenvalue weighted by molar-refractivity contribution is 7.98. The molecule has 1 aromatic rings. The van der Waals surface area contributed by atoms with Gasteiger partial charge in [-0.25, -0.2) is 4.79 Å². The molecule has 0 spiro atoms. The van der Waals surface area contributed by atoms with Gasteiger partial charge in [-0.3, -0.25) is 0 Å². The van der Waals surface area contributed by atoms with Gasteiger partial charge in [0.25, 0.3) is 0 Å². The van der Waals surface area contributed by atoms with Crippen LogP contribution in [-0.2, 0) is 0 Å². The fraction of sp³-hybridized carbons (Fsp3) is 0.462. The Kier molecular flexibility index (Phi) is 4.60. The molecule has 1 fully saturated rings. The van der Waals surface area contributed by atoms with Gasteiger partial charge in [-0.05, 0) is 37.3 Å². The van der Waals surface area contributed by atoms with Gasteiger partial charge in [0.05, 0.1) is 11.6 Å². The Labute approximate surface area is 121 Å². The molecular weight excluding hydrogens is 284 g/mol. The molecule has 0 heterocycles. The predicted molar refractivity (Wildman–Crippen MR) is 79.0 cm³/mol. The summed E-state index contributed by atoms with van der Waals surface area (Å²) >= 11 is 7.63. The van der Waals surface area contributed by atoms with Crippen LogP contribution in [0.4, 0.5) is 10.5 Å². The summed E-state index contributed by atoms with van der Waals surface area (Å²) in [6, 6.07) is 5.15. The van der Waals surface area contributed by atoms with Gasteiger partial charge in [-0.2, -0.15) is 0 Å². The highest BCUT2D eigenvalue weighted by atomic mass is 35.5. The Bertz CT molecular complexity index is 478. The van der Waals surface area contributed by atoms with E-state index in [1.165, 1.54) is 0 Å². The van der Waals surface area contributed by atoms with Crippen molar-refractivity contribution in [1.29, 1.82) is 0 Å². The van der Waals surface area contributed by atoms with Gasteiger partial charge in [0.2, 0.25) is 0 Å². The number of anilines is 1. The molecule has 3 N–H and O–H groups in total. The number of hydrogen-bond donors (Lipinski definition) is 3. The topological polar surface area (TPSA) is 61.4 Å². The summed E-state index contributed by atoms with van der Waals surface area (Å²) in [6.45, 7) is 0.632. The lowest BCUT2D eigenvalue weighted by atomic mass is 10.1. The van der Waals surface area contributed by atoms with Crippen molar-refractivity contribution in [2.24, 2.45) is 5.41 Å². The van der Waals surface area contributed by atoms with Crippen molar-refractivity contribution in [2.45, 2.75) is 17.7 Å². The largest absolute Gasteiger partial charge is 0.396 e. The second-order valence-corrected chi connectivity index (χ2v) is 6.07. The smallest absolute Gasteiger partial charge is 0.319 e. The molecule has 4 nitrogen and oxygen atoms in total. The van der Waals surface area contributed by atoms with E-state index in [1.54, 1.807) is 17.8 Å². The van der Waals surface area contributed by atoms with Gasteiger partial charge >= 0.3 is 6.03 Å². The quantitative estimate of drug-likeness (QED) is 0.733. The maximum absolute atomic E-state index is 11.7. The molecule has 0 aromatic heterocycles. The van der Waals surface area contributed by atoms with Crippen LogP contribution in [0.3, 0.4) is 0 Å². The number of urea groups is 1. The first kappa shape index (κ1) is 14.5. The molecule has 1 aliphatic carbocycles. The van der Waals surface area contributed by atoms with Gasteiger partial charge < -0.3 is 15.7 Å². The summed E-state index contributed by atoms with van der Waals surface area (Å²) in [5.74, 6) is 0. The number of aliphatic hydroxyl groups excluding tert-OH is 1. The Morgan fingerprint density at radius 3 is 2.79 bits per heavy atom. The molecule has 2 amide bonds. The number of thioether (sulfide) groups is 1. The lowest BCUT2D eigenvalue weighted by molar-refractivity contribution is 0.206. The van der Waals surface area contributed by atoms with Gasteiger partial charge in [0.1, 0.15) is 0 Å². The predicted octanol–water partition coefficient (Wildman–Crippen LogP) is 2.96. The van der Waals surface area contributed by atoms with Crippen molar-refractivity contribution < 1.29 is 9.90 Å². The average molecular weight is 301 g/mol. The molecule has 2 rings (SSSR count). The van der Waals surface area contributed by atoms with E-state index < -0.39 is 0 Å². The number of carbonyl (C=O) groups excluding carboxylic acids is 1. The Morgan fingerprint density at radius 1 is 1.53 bits per heavy atom. The number of amides is 2. The molecule has 1 aromatic carbocycles. The van der Waals surface area contributed by atoms with Crippen molar-refractivity contribution in [2.75, 3.05) is 24.7 Å². The second-order valence-electron chi connectivity index (χ2n) is 4.82. The van der Waals surface area contributed by atoms with Crippen molar-refractivity contribution in [3.63, 3.8) is 0 Å². The van der Waals surface area contributed by atoms with Crippen molar-refractivity contribution in [3.05, 3.63) is 23.2 Å². The number of rotatable bonds is 5. The summed E-state index contributed by atoms with van der Waals surface area (Å²) in [4.78, 5) is 12.7. The summed E-state index contributed by atoms with van der Waals surface area (Å²) < 4.78 is 0. The minimum Gasteiger partial charge on any atom is -0.396 e. The number of carbonyl (C=O) groups is 1. The number of aliphatic hydroxyl groups is 1. The molecule has 0 aliphatic heterocycles. The number of hydrogen-bond acceptors (Lipinski definition) is 3. The third kappa shape index (κ3) is 3.78. The van der Waals surface area contributed by atoms with Crippen LogP contribution < -0.4 is 10.6 Å². The number of halogens is 1. The molecule has 19 heavy (non-hydrogen) atoms. The molecule has 6 heteroatoms. The first-order valence-electron chi connectivity index (χ1n) is 6.08. The fourth-order valence-corrected chi connectivity index (χ4v) is 2.62. The monoisotopic (exact) mass is 300 g/mol. The van der Waals surface area contributed by atoms with Crippen molar-refractivity contribution in [1.82, 2.24) is 5.32 Å². The lowest BCUT2D eigenvalue weighted by Gasteiger charge is -2.13. The number of benzene rings is 1. The normalized spacial score (nSPS) is 15.9. The van der Waals surface area contributed by atoms with E-state index >= 15 is 0 Å². The summed E-state index contributed by atoms with van der Waals surface area (Å²) in [5.41, 5.74) is 0.576. The Morgan fingerprint density at radius 2 is 2.26 bits per heavy atom. The van der Waals surface area contributed by atoms with E-state index in [2.05, 4.69) is 10.6 Å². The molecule has 0 bridgehead atoms. The van der Waals surface area contributed by atoms with E-state index in [0.29, 0.717) is 17.3 Å². The number of nitrogens with one attached hydrogen (secondary N) is 2. The zero-order chi connectivity index (χ0) is 13.9. The second kappa shape index (κ2) is 6.03. The van der Waals surface area contributed by atoms with Crippen LogP contribution in [0, 0.1) is 5.41 Å². The van der Waals surface area contributed by atoms with Crippen LogP contribution in [0.1, 0.15) is 12.8 Å². The third-order valence-corrected chi connectivity index (χ3v) is 4.55. The van der Waals surface area contributed by atoms with Crippen LogP contribution >= 0.6 is 23.4 Å². The van der Waals surface area contributed by atoms with Crippen molar-refractivity contribution >= 4 is 35.1 Å². The maximum atomic E-state index is 11.7. The molecule has 0 unspecified atom stereocenters. The van der Waals surface area contributed by atoms with Gasteiger partial charge in [-0.1, -0.05) is 11.6 Å². The van der Waals surface area contributed by atoms with E-state index in [4.69, 9.17) is 16.7 Å². The fourth-order valence-electron chi connectivity index (χ4n) is 1.75. The SMILES string of the molecule is CSc1ccc(NC(=O)NCC2(CO)CC2)cc1Cl. The molecular formula is C13H17ClN2O2S. The van der Waals surface area contributed by atoms with Crippen LogP contribution in [0.5, 0.6) is 0 Å². The molecule has 0 saturated heterocycles. The summed E-state index contributed by atoms with van der Waals surface area (Å²) in [6.07, 6.45) is 3.89. The maximum Gasteiger partial charge on any atom is 0.319 e. The Hall–Kier alpha value is -0.910. The van der Waals surface area contributed by atoms with Crippen LogP contribution in [0.2, 0.25) is 5.02 Å². The van der Waals surface area contributed by atoms with Crippen LogP contribution in [0.15, 0.2) is 23.1 Å². The van der Waals surface area contributed by atoms with Gasteiger partial charge in [-0.15, -0.1) is 11.8 Å². The molecule has 0 atom stereocenters. The first-order chi connectivity index (χ1) is 9.08. The third-order valence-electron chi connectivity index (χ3n) is 3.33. The van der Waals surface area contributed by atoms with Gasteiger partial charge in [0.15, 0.2) is 0 Å². The minimum absolute atomic E-state index is 0.0856. The van der Waals surface area contributed by atoms with Crippen LogP contribution in [0.25, 0.3) is 0 Å². The van der Waals surface area contributed by atoms with Crippen molar-refractivity contribution in [3.8, 4) is 0 Å². The summed E-state index contributed by atoms with van der Waals surface area (Å²) in [7, 11) is 0. The van der Waals surface area contributed by atoms with E-state index in [0.717, 1.165) is 17.7 Å². The van der Waals surface area contributed by atoms with E-state index in [9.17, 15) is 4.79 Å². The average Bonchev–Trinajstić information content (AvgIpc) is 3.17. The standard InChI is InChI=1S/C13H17ClN2O2S/c1-19-11-3-2-9(6-10(11)14)16-12(18)15-7-13(8-17)4-5-13/h2-3,6,17H,4-5,7-8H2,1H3,(H2,15,16,18). The minimum atomic E-state index is -0.271. The summed E-state index contributed by atoms with van der Waals surface area (Å²) in [5, 5.41) is 15.3. The Balaban J connectivity index is 1.86. The highest BCUT2D eigenvalue weighted by Crippen LogP contribution is 2.44. The zero-order valence-electron chi connectivity index (χ0n) is 10.7. The lowest BCUT2D eigenvalue weighted by Crippen LogP contribution is -2.35. The van der Waals surface area contributed by atoms with Gasteiger partial charge in [0, 0.05) is 22.5 Å². The molecule has 0 radical (unpaired) electrons.